The van der Waals surface area contributed by atoms with Crippen LogP contribution in [0.25, 0.3) is 0 Å². The first kappa shape index (κ1) is 14.1. The van der Waals surface area contributed by atoms with E-state index >= 15 is 0 Å². The second kappa shape index (κ2) is 7.41. The molecule has 0 spiro atoms. The predicted molar refractivity (Wildman–Crippen MR) is 63.7 cm³/mol. The predicted octanol–water partition coefficient (Wildman–Crippen LogP) is 0.428. The second-order valence-corrected chi connectivity index (χ2v) is 4.07. The van der Waals surface area contributed by atoms with Gasteiger partial charge in [0.1, 0.15) is 0 Å². The first-order valence-corrected chi connectivity index (χ1v) is 5.97. The fourth-order valence-corrected chi connectivity index (χ4v) is 1.65. The van der Waals surface area contributed by atoms with Crippen LogP contribution >= 0.6 is 0 Å². The lowest BCUT2D eigenvalue weighted by atomic mass is 10.1. The molecule has 0 aromatic carbocycles. The summed E-state index contributed by atoms with van der Waals surface area (Å²) >= 11 is 0. The molecule has 0 saturated carbocycles. The highest BCUT2D eigenvalue weighted by Gasteiger charge is 2.14. The van der Waals surface area contributed by atoms with Crippen LogP contribution in [0.5, 0.6) is 0 Å². The number of hydrogen-bond donors (Lipinski definition) is 2. The van der Waals surface area contributed by atoms with Crippen molar-refractivity contribution in [3.8, 4) is 0 Å². The molecular weight excluding hydrogens is 236 g/mol. The number of hydrogen-bond acceptors (Lipinski definition) is 4. The molecule has 1 heterocycles. The van der Waals surface area contributed by atoms with Gasteiger partial charge in [-0.05, 0) is 6.42 Å². The van der Waals surface area contributed by atoms with Crippen molar-refractivity contribution in [1.29, 1.82) is 0 Å². The number of aliphatic carboxylic acids is 1. The van der Waals surface area contributed by atoms with Crippen LogP contribution < -0.4 is 5.32 Å². The minimum Gasteiger partial charge on any atom is -0.481 e. The van der Waals surface area contributed by atoms with E-state index in [4.69, 9.17) is 5.11 Å². The van der Waals surface area contributed by atoms with Gasteiger partial charge in [-0.2, -0.15) is 0 Å². The Morgan fingerprint density at radius 3 is 2.83 bits per heavy atom. The maximum absolute atomic E-state index is 11.6. The van der Waals surface area contributed by atoms with Crippen molar-refractivity contribution in [2.75, 3.05) is 0 Å². The average Bonchev–Trinajstić information content (AvgIpc) is 2.78. The lowest BCUT2D eigenvalue weighted by Crippen LogP contribution is -2.36. The van der Waals surface area contributed by atoms with Gasteiger partial charge in [0, 0.05) is 18.7 Å². The average molecular weight is 254 g/mol. The van der Waals surface area contributed by atoms with Gasteiger partial charge in [-0.1, -0.05) is 18.6 Å². The maximum Gasteiger partial charge on any atom is 0.305 e. The van der Waals surface area contributed by atoms with Crippen molar-refractivity contribution in [2.45, 2.75) is 45.2 Å². The highest BCUT2D eigenvalue weighted by Crippen LogP contribution is 2.02. The molecule has 1 aromatic rings. The van der Waals surface area contributed by atoms with Gasteiger partial charge >= 0.3 is 5.97 Å². The zero-order valence-electron chi connectivity index (χ0n) is 10.4. The van der Waals surface area contributed by atoms with Gasteiger partial charge in [0.2, 0.25) is 5.91 Å². The van der Waals surface area contributed by atoms with E-state index in [1.165, 1.54) is 0 Å². The van der Waals surface area contributed by atoms with Gasteiger partial charge < -0.3 is 10.4 Å². The SMILES string of the molecule is CCCC(CC(=O)O)NC(=O)CCn1ccnn1. The summed E-state index contributed by atoms with van der Waals surface area (Å²) in [4.78, 5) is 22.3. The molecule has 1 atom stereocenters. The topological polar surface area (TPSA) is 97.1 Å². The van der Waals surface area contributed by atoms with Crippen LogP contribution in [0.2, 0.25) is 0 Å². The van der Waals surface area contributed by atoms with E-state index in [1.54, 1.807) is 17.1 Å². The van der Waals surface area contributed by atoms with Crippen LogP contribution in [0.4, 0.5) is 0 Å². The molecule has 7 heteroatoms. The summed E-state index contributed by atoms with van der Waals surface area (Å²) in [6.07, 6.45) is 4.95. The van der Waals surface area contributed by atoms with E-state index in [0.717, 1.165) is 6.42 Å². The molecule has 1 amide bonds. The Morgan fingerprint density at radius 1 is 1.50 bits per heavy atom. The minimum atomic E-state index is -0.898. The lowest BCUT2D eigenvalue weighted by Gasteiger charge is -2.15. The molecule has 1 aromatic heterocycles. The third-order valence-electron chi connectivity index (χ3n) is 2.46. The van der Waals surface area contributed by atoms with Gasteiger partial charge in [-0.3, -0.25) is 14.3 Å². The molecule has 0 fully saturated rings. The Kier molecular flexibility index (Phi) is 5.83. The molecule has 0 aliphatic carbocycles. The first-order valence-electron chi connectivity index (χ1n) is 5.97. The molecule has 0 bridgehead atoms. The Labute approximate surface area is 105 Å². The van der Waals surface area contributed by atoms with Crippen LogP contribution in [0.15, 0.2) is 12.4 Å². The van der Waals surface area contributed by atoms with Crippen LogP contribution in [0.1, 0.15) is 32.6 Å². The zero-order chi connectivity index (χ0) is 13.4. The van der Waals surface area contributed by atoms with Crippen LogP contribution in [-0.4, -0.2) is 38.0 Å². The number of carboxylic acids is 1. The zero-order valence-corrected chi connectivity index (χ0v) is 10.4. The summed E-state index contributed by atoms with van der Waals surface area (Å²) in [5, 5.41) is 18.8. The van der Waals surface area contributed by atoms with Gasteiger partial charge in [0.25, 0.3) is 0 Å². The van der Waals surface area contributed by atoms with Crippen molar-refractivity contribution in [1.82, 2.24) is 20.3 Å². The number of nitrogens with zero attached hydrogens (tertiary/aromatic N) is 3. The Morgan fingerprint density at radius 2 is 2.28 bits per heavy atom. The number of aromatic nitrogens is 3. The van der Waals surface area contributed by atoms with Gasteiger partial charge in [0.05, 0.1) is 19.2 Å². The van der Waals surface area contributed by atoms with Gasteiger partial charge in [0.15, 0.2) is 0 Å². The summed E-state index contributed by atoms with van der Waals surface area (Å²) in [6, 6.07) is -0.296. The Balaban J connectivity index is 2.33. The standard InChI is InChI=1S/C11H18N4O3/c1-2-3-9(8-11(17)18)13-10(16)4-6-15-7-5-12-14-15/h5,7,9H,2-4,6,8H2,1H3,(H,13,16)(H,17,18). The Hall–Kier alpha value is -1.92. The quantitative estimate of drug-likeness (QED) is 0.701. The number of rotatable bonds is 8. The molecule has 0 aliphatic heterocycles. The number of carbonyl (C=O) groups excluding carboxylic acids is 1. The van der Waals surface area contributed by atoms with E-state index in [0.29, 0.717) is 13.0 Å². The van der Waals surface area contributed by atoms with Crippen LogP contribution in [0.3, 0.4) is 0 Å². The summed E-state index contributed by atoms with van der Waals surface area (Å²) in [7, 11) is 0. The fraction of sp³-hybridized carbons (Fsp3) is 0.636. The van der Waals surface area contributed by atoms with Crippen LogP contribution in [-0.2, 0) is 16.1 Å². The number of amides is 1. The summed E-state index contributed by atoms with van der Waals surface area (Å²) in [5.74, 6) is -1.06. The van der Waals surface area contributed by atoms with E-state index in [9.17, 15) is 9.59 Å². The molecule has 1 rings (SSSR count). The van der Waals surface area contributed by atoms with Gasteiger partial charge in [-0.15, -0.1) is 5.10 Å². The van der Waals surface area contributed by atoms with E-state index in [-0.39, 0.29) is 24.8 Å². The molecular formula is C11H18N4O3. The highest BCUT2D eigenvalue weighted by atomic mass is 16.4. The third kappa shape index (κ3) is 5.42. The number of carbonyl (C=O) groups is 2. The first-order chi connectivity index (χ1) is 8.61. The summed E-state index contributed by atoms with van der Waals surface area (Å²) in [5.41, 5.74) is 0. The van der Waals surface area contributed by atoms with Crippen molar-refractivity contribution in [3.63, 3.8) is 0 Å². The molecule has 0 saturated heterocycles. The van der Waals surface area contributed by atoms with Crippen molar-refractivity contribution in [3.05, 3.63) is 12.4 Å². The number of aryl methyl sites for hydroxylation is 1. The van der Waals surface area contributed by atoms with E-state index < -0.39 is 5.97 Å². The number of carboxylic acid groups (broad SMARTS) is 1. The van der Waals surface area contributed by atoms with Crippen LogP contribution in [0, 0.1) is 0 Å². The van der Waals surface area contributed by atoms with Crippen molar-refractivity contribution in [2.24, 2.45) is 0 Å². The largest absolute Gasteiger partial charge is 0.481 e. The summed E-state index contributed by atoms with van der Waals surface area (Å²) in [6.45, 7) is 2.40. The molecule has 18 heavy (non-hydrogen) atoms. The monoisotopic (exact) mass is 254 g/mol. The normalized spacial score (nSPS) is 12.1. The third-order valence-corrected chi connectivity index (χ3v) is 2.46. The fourth-order valence-electron chi connectivity index (χ4n) is 1.65. The minimum absolute atomic E-state index is 0.0388. The Bertz CT molecular complexity index is 378. The van der Waals surface area contributed by atoms with Crippen molar-refractivity contribution < 1.29 is 14.7 Å². The van der Waals surface area contributed by atoms with E-state index in [2.05, 4.69) is 15.6 Å². The van der Waals surface area contributed by atoms with Gasteiger partial charge in [-0.25, -0.2) is 0 Å². The second-order valence-electron chi connectivity index (χ2n) is 4.07. The smallest absolute Gasteiger partial charge is 0.305 e. The molecule has 2 N–H and O–H groups in total. The molecule has 0 radical (unpaired) electrons. The molecule has 0 aliphatic rings. The van der Waals surface area contributed by atoms with Crippen molar-refractivity contribution >= 4 is 11.9 Å². The molecule has 1 unspecified atom stereocenters. The molecule has 100 valence electrons. The number of nitrogens with one attached hydrogen (secondary N) is 1. The van der Waals surface area contributed by atoms with E-state index in [1.807, 2.05) is 6.92 Å². The molecule has 7 nitrogen and oxygen atoms in total. The summed E-state index contributed by atoms with van der Waals surface area (Å²) < 4.78 is 1.56. The lowest BCUT2D eigenvalue weighted by molar-refractivity contribution is -0.137. The highest BCUT2D eigenvalue weighted by molar-refractivity contribution is 5.77. The maximum atomic E-state index is 11.6.